The van der Waals surface area contributed by atoms with Crippen LogP contribution in [0.2, 0.25) is 0 Å². The van der Waals surface area contributed by atoms with Gasteiger partial charge in [0.05, 0.1) is 12.2 Å². The van der Waals surface area contributed by atoms with Crippen LogP contribution in [0.4, 0.5) is 0 Å². The molecule has 2 aromatic rings. The predicted octanol–water partition coefficient (Wildman–Crippen LogP) is 2.70. The van der Waals surface area contributed by atoms with Gasteiger partial charge in [0.2, 0.25) is 11.8 Å². The van der Waals surface area contributed by atoms with Crippen molar-refractivity contribution in [1.82, 2.24) is 20.9 Å². The Bertz CT molecular complexity index is 766. The lowest BCUT2D eigenvalue weighted by atomic mass is 10.0. The number of guanidine groups is 1. The minimum Gasteiger partial charge on any atom is -0.444 e. The van der Waals surface area contributed by atoms with Crippen molar-refractivity contribution in [2.45, 2.75) is 38.6 Å². The molecule has 0 radical (unpaired) electrons. The van der Waals surface area contributed by atoms with Crippen molar-refractivity contribution in [2.75, 3.05) is 20.1 Å². The highest BCUT2D eigenvalue weighted by molar-refractivity contribution is 5.79. The Kier molecular flexibility index (Phi) is 7.46. The summed E-state index contributed by atoms with van der Waals surface area (Å²) in [7, 11) is 1.71. The Hall–Kier alpha value is -2.83. The van der Waals surface area contributed by atoms with Gasteiger partial charge in [0.25, 0.3) is 0 Å². The highest BCUT2D eigenvalue weighted by Gasteiger charge is 2.17. The standard InChI is InChI=1S/C21H29N5O2/c1-22-21(24-12-11-23-19(27)13-16-7-5-6-8-16)25-14-18-15-28-20(26-18)17-9-3-2-4-10-17/h2-4,9-10,15-16H,5-8,11-14H2,1H3,(H,23,27)(H2,22,24,25). The number of nitrogens with one attached hydrogen (secondary N) is 3. The first-order chi connectivity index (χ1) is 13.7. The molecule has 1 aliphatic rings. The first kappa shape index (κ1) is 19.9. The second-order valence-corrected chi connectivity index (χ2v) is 7.07. The molecule has 150 valence electrons. The van der Waals surface area contributed by atoms with E-state index in [0.29, 0.717) is 43.8 Å². The first-order valence-electron chi connectivity index (χ1n) is 9.95. The lowest BCUT2D eigenvalue weighted by molar-refractivity contribution is -0.121. The quantitative estimate of drug-likeness (QED) is 0.370. The maximum absolute atomic E-state index is 11.9. The van der Waals surface area contributed by atoms with Crippen LogP contribution in [0, 0.1) is 5.92 Å². The molecule has 1 amide bonds. The molecule has 1 aliphatic carbocycles. The maximum Gasteiger partial charge on any atom is 0.226 e. The molecule has 7 heteroatoms. The summed E-state index contributed by atoms with van der Waals surface area (Å²) in [4.78, 5) is 20.6. The zero-order chi connectivity index (χ0) is 19.6. The van der Waals surface area contributed by atoms with E-state index in [1.807, 2.05) is 30.3 Å². The average molecular weight is 383 g/mol. The molecule has 3 rings (SSSR count). The van der Waals surface area contributed by atoms with Crippen LogP contribution in [-0.4, -0.2) is 37.0 Å². The Labute approximate surface area is 166 Å². The van der Waals surface area contributed by atoms with Crippen LogP contribution in [0.25, 0.3) is 11.5 Å². The number of benzene rings is 1. The molecule has 0 saturated heterocycles. The number of rotatable bonds is 8. The predicted molar refractivity (Wildman–Crippen MR) is 110 cm³/mol. The van der Waals surface area contributed by atoms with Crippen molar-refractivity contribution in [2.24, 2.45) is 10.9 Å². The van der Waals surface area contributed by atoms with Crippen molar-refractivity contribution >= 4 is 11.9 Å². The fourth-order valence-electron chi connectivity index (χ4n) is 3.43. The van der Waals surface area contributed by atoms with Crippen molar-refractivity contribution in [1.29, 1.82) is 0 Å². The van der Waals surface area contributed by atoms with Crippen LogP contribution in [0.1, 0.15) is 37.8 Å². The van der Waals surface area contributed by atoms with Crippen molar-refractivity contribution in [3.8, 4) is 11.5 Å². The number of aliphatic imine (C=N–C) groups is 1. The van der Waals surface area contributed by atoms with E-state index < -0.39 is 0 Å². The number of nitrogens with zero attached hydrogens (tertiary/aromatic N) is 2. The fraction of sp³-hybridized carbons (Fsp3) is 0.476. The second kappa shape index (κ2) is 10.5. The molecule has 1 saturated carbocycles. The van der Waals surface area contributed by atoms with E-state index in [2.05, 4.69) is 25.9 Å². The van der Waals surface area contributed by atoms with Crippen LogP contribution >= 0.6 is 0 Å². The molecule has 0 unspecified atom stereocenters. The number of amides is 1. The minimum atomic E-state index is 0.146. The van der Waals surface area contributed by atoms with Gasteiger partial charge in [-0.1, -0.05) is 31.0 Å². The summed E-state index contributed by atoms with van der Waals surface area (Å²) in [6.07, 6.45) is 7.21. The minimum absolute atomic E-state index is 0.146. The Morgan fingerprint density at radius 3 is 2.64 bits per heavy atom. The van der Waals surface area contributed by atoms with E-state index in [4.69, 9.17) is 4.42 Å². The molecule has 3 N–H and O–H groups in total. The number of carbonyl (C=O) groups is 1. The van der Waals surface area contributed by atoms with E-state index in [1.165, 1.54) is 25.7 Å². The highest BCUT2D eigenvalue weighted by Crippen LogP contribution is 2.27. The normalized spacial score (nSPS) is 14.8. The fourth-order valence-corrected chi connectivity index (χ4v) is 3.43. The summed E-state index contributed by atoms with van der Waals surface area (Å²) in [5, 5.41) is 9.37. The van der Waals surface area contributed by atoms with Gasteiger partial charge < -0.3 is 20.4 Å². The lowest BCUT2D eigenvalue weighted by Crippen LogP contribution is -2.41. The smallest absolute Gasteiger partial charge is 0.226 e. The van der Waals surface area contributed by atoms with Crippen LogP contribution < -0.4 is 16.0 Å². The van der Waals surface area contributed by atoms with Crippen LogP contribution in [0.15, 0.2) is 46.0 Å². The third-order valence-electron chi connectivity index (χ3n) is 4.92. The number of hydrogen-bond acceptors (Lipinski definition) is 4. The molecule has 0 atom stereocenters. The summed E-state index contributed by atoms with van der Waals surface area (Å²) in [6, 6.07) is 9.79. The molecule has 0 aliphatic heterocycles. The summed E-state index contributed by atoms with van der Waals surface area (Å²) in [5.74, 6) is 1.98. The monoisotopic (exact) mass is 383 g/mol. The van der Waals surface area contributed by atoms with Gasteiger partial charge in [0.15, 0.2) is 5.96 Å². The topological polar surface area (TPSA) is 91.5 Å². The van der Waals surface area contributed by atoms with E-state index >= 15 is 0 Å². The average Bonchev–Trinajstić information content (AvgIpc) is 3.40. The van der Waals surface area contributed by atoms with Crippen LogP contribution in [0.5, 0.6) is 0 Å². The Morgan fingerprint density at radius 2 is 1.89 bits per heavy atom. The zero-order valence-electron chi connectivity index (χ0n) is 16.4. The molecule has 0 spiro atoms. The Balaban J connectivity index is 1.34. The number of carbonyl (C=O) groups excluding carboxylic acids is 1. The van der Waals surface area contributed by atoms with Crippen molar-refractivity contribution < 1.29 is 9.21 Å². The molecule has 1 aromatic heterocycles. The summed E-state index contributed by atoms with van der Waals surface area (Å²) >= 11 is 0. The lowest BCUT2D eigenvalue weighted by Gasteiger charge is -2.12. The van der Waals surface area contributed by atoms with Gasteiger partial charge in [0.1, 0.15) is 6.26 Å². The van der Waals surface area contributed by atoms with Gasteiger partial charge in [0, 0.05) is 32.1 Å². The van der Waals surface area contributed by atoms with E-state index in [0.717, 1.165) is 11.3 Å². The van der Waals surface area contributed by atoms with E-state index in [1.54, 1.807) is 13.3 Å². The first-order valence-corrected chi connectivity index (χ1v) is 9.95. The molecule has 1 aromatic carbocycles. The second-order valence-electron chi connectivity index (χ2n) is 7.07. The molecular formula is C21H29N5O2. The molecule has 0 bridgehead atoms. The van der Waals surface area contributed by atoms with Gasteiger partial charge in [-0.05, 0) is 30.9 Å². The third-order valence-corrected chi connectivity index (χ3v) is 4.92. The molecule has 1 heterocycles. The molecular weight excluding hydrogens is 354 g/mol. The van der Waals surface area contributed by atoms with Crippen molar-refractivity contribution in [3.05, 3.63) is 42.3 Å². The van der Waals surface area contributed by atoms with Gasteiger partial charge in [-0.25, -0.2) is 4.98 Å². The van der Waals surface area contributed by atoms with E-state index in [9.17, 15) is 4.79 Å². The molecule has 7 nitrogen and oxygen atoms in total. The maximum atomic E-state index is 11.9. The Morgan fingerprint density at radius 1 is 1.14 bits per heavy atom. The summed E-state index contributed by atoms with van der Waals surface area (Å²) in [5.41, 5.74) is 1.75. The third kappa shape index (κ3) is 6.11. The van der Waals surface area contributed by atoms with Crippen LogP contribution in [-0.2, 0) is 11.3 Å². The molecule has 1 fully saturated rings. The van der Waals surface area contributed by atoms with Crippen molar-refractivity contribution in [3.63, 3.8) is 0 Å². The van der Waals surface area contributed by atoms with E-state index in [-0.39, 0.29) is 5.91 Å². The zero-order valence-corrected chi connectivity index (χ0v) is 16.4. The summed E-state index contributed by atoms with van der Waals surface area (Å²) in [6.45, 7) is 1.70. The summed E-state index contributed by atoms with van der Waals surface area (Å²) < 4.78 is 5.54. The van der Waals surface area contributed by atoms with Gasteiger partial charge in [-0.15, -0.1) is 0 Å². The van der Waals surface area contributed by atoms with Gasteiger partial charge in [-0.3, -0.25) is 9.79 Å². The van der Waals surface area contributed by atoms with Gasteiger partial charge in [-0.2, -0.15) is 0 Å². The highest BCUT2D eigenvalue weighted by atomic mass is 16.3. The largest absolute Gasteiger partial charge is 0.444 e. The number of oxazole rings is 1. The van der Waals surface area contributed by atoms with Crippen LogP contribution in [0.3, 0.4) is 0 Å². The number of aromatic nitrogens is 1. The van der Waals surface area contributed by atoms with Gasteiger partial charge >= 0.3 is 0 Å². The number of hydrogen-bond donors (Lipinski definition) is 3. The molecule has 28 heavy (non-hydrogen) atoms. The SMILES string of the molecule is CN=C(NCCNC(=O)CC1CCCC1)NCc1coc(-c2ccccc2)n1.